The van der Waals surface area contributed by atoms with Gasteiger partial charge in [0.15, 0.2) is 0 Å². The van der Waals surface area contributed by atoms with Gasteiger partial charge in [-0.1, -0.05) is 25.1 Å². The van der Waals surface area contributed by atoms with Gasteiger partial charge in [-0.15, -0.1) is 0 Å². The van der Waals surface area contributed by atoms with E-state index in [1.54, 1.807) is 22.9 Å². The Morgan fingerprint density at radius 1 is 1.20 bits per heavy atom. The highest BCUT2D eigenvalue weighted by atomic mass is 16.5. The van der Waals surface area contributed by atoms with Crippen molar-refractivity contribution in [3.05, 3.63) is 95.6 Å². The van der Waals surface area contributed by atoms with Crippen molar-refractivity contribution in [3.8, 4) is 28.8 Å². The average Bonchev–Trinajstić information content (AvgIpc) is 3.56. The van der Waals surface area contributed by atoms with Gasteiger partial charge in [0, 0.05) is 17.3 Å². The third-order valence-electron chi connectivity index (χ3n) is 5.34. The third-order valence-corrected chi connectivity index (χ3v) is 5.34. The lowest BCUT2D eigenvalue weighted by atomic mass is 10.0. The molecular weight excluding hydrogens is 440 g/mol. The summed E-state index contributed by atoms with van der Waals surface area (Å²) < 4.78 is 12.8. The number of benzene rings is 2. The predicted molar refractivity (Wildman–Crippen MR) is 134 cm³/mol. The molecule has 0 unspecified atom stereocenters. The Labute approximate surface area is 204 Å². The molecule has 1 amide bonds. The molecule has 0 aliphatic carbocycles. The zero-order valence-electron chi connectivity index (χ0n) is 19.7. The molecule has 0 aliphatic heterocycles. The van der Waals surface area contributed by atoms with Crippen molar-refractivity contribution in [3.63, 3.8) is 0 Å². The van der Waals surface area contributed by atoms with E-state index < -0.39 is 5.91 Å². The largest absolute Gasteiger partial charge is 0.493 e. The highest BCUT2D eigenvalue weighted by Gasteiger charge is 2.16. The van der Waals surface area contributed by atoms with Gasteiger partial charge in [0.05, 0.1) is 25.1 Å². The number of nitrogens with zero attached hydrogens (tertiary/aromatic N) is 3. The number of aryl methyl sites for hydroxylation is 1. The summed E-state index contributed by atoms with van der Waals surface area (Å²) in [7, 11) is 0. The molecule has 0 atom stereocenters. The van der Waals surface area contributed by atoms with Crippen LogP contribution < -0.4 is 10.1 Å². The van der Waals surface area contributed by atoms with Crippen molar-refractivity contribution in [1.29, 1.82) is 5.26 Å². The number of hydrogen-bond donors (Lipinski definition) is 1. The zero-order chi connectivity index (χ0) is 24.6. The quantitative estimate of drug-likeness (QED) is 0.261. The summed E-state index contributed by atoms with van der Waals surface area (Å²) in [6.45, 7) is 4.89. The lowest BCUT2D eigenvalue weighted by molar-refractivity contribution is -0.117. The normalized spacial score (nSPS) is 11.2. The minimum Gasteiger partial charge on any atom is -0.493 e. The van der Waals surface area contributed by atoms with E-state index in [9.17, 15) is 10.1 Å². The molecule has 0 spiro atoms. The first-order valence-corrected chi connectivity index (χ1v) is 11.4. The first-order valence-electron chi connectivity index (χ1n) is 11.4. The van der Waals surface area contributed by atoms with E-state index in [0.29, 0.717) is 23.6 Å². The highest BCUT2D eigenvalue weighted by molar-refractivity contribution is 6.02. The second-order valence-electron chi connectivity index (χ2n) is 7.97. The molecule has 4 rings (SSSR count). The molecule has 7 heteroatoms. The summed E-state index contributed by atoms with van der Waals surface area (Å²) in [4.78, 5) is 12.7. The molecule has 35 heavy (non-hydrogen) atoms. The summed E-state index contributed by atoms with van der Waals surface area (Å²) >= 11 is 0. The van der Waals surface area contributed by atoms with E-state index in [2.05, 4.69) is 12.2 Å². The molecule has 2 heterocycles. The van der Waals surface area contributed by atoms with Gasteiger partial charge in [-0.05, 0) is 67.4 Å². The smallest absolute Gasteiger partial charge is 0.262 e. The molecule has 2 aromatic heterocycles. The standard InChI is InChI=1S/C28H26N4O3/c1-3-13-35-26-12-11-21(15-20(26)2)27-23(19-32(31-27)24-8-5-4-6-9-24)16-22(17-29)28(33)30-18-25-10-7-14-34-25/h4-12,14-16,19H,3,13,18H2,1-2H3,(H,30,33). The Balaban J connectivity index is 1.71. The summed E-state index contributed by atoms with van der Waals surface area (Å²) in [6, 6.07) is 21.1. The third kappa shape index (κ3) is 5.68. The maximum absolute atomic E-state index is 12.7. The van der Waals surface area contributed by atoms with Gasteiger partial charge in [-0.2, -0.15) is 10.4 Å². The Hall–Kier alpha value is -4.57. The Morgan fingerprint density at radius 3 is 2.71 bits per heavy atom. The van der Waals surface area contributed by atoms with E-state index in [4.69, 9.17) is 14.3 Å². The number of furan rings is 1. The summed E-state index contributed by atoms with van der Waals surface area (Å²) in [5.74, 6) is 0.945. The molecule has 0 radical (unpaired) electrons. The van der Waals surface area contributed by atoms with Crippen LogP contribution in [0.3, 0.4) is 0 Å². The number of nitrogens with one attached hydrogen (secondary N) is 1. The van der Waals surface area contributed by atoms with E-state index in [0.717, 1.165) is 29.0 Å². The average molecular weight is 467 g/mol. The minimum atomic E-state index is -0.484. The molecule has 0 saturated heterocycles. The van der Waals surface area contributed by atoms with Crippen LogP contribution in [0.2, 0.25) is 0 Å². The van der Waals surface area contributed by atoms with E-state index in [-0.39, 0.29) is 12.1 Å². The number of carbonyl (C=O) groups excluding carboxylic acids is 1. The topological polar surface area (TPSA) is 93.1 Å². The first kappa shape index (κ1) is 23.6. The molecule has 0 aliphatic rings. The Bertz CT molecular complexity index is 1360. The number of rotatable bonds is 9. The Kier molecular flexibility index (Phi) is 7.44. The summed E-state index contributed by atoms with van der Waals surface area (Å²) in [5, 5.41) is 17.2. The minimum absolute atomic E-state index is 0.0231. The number of para-hydroxylation sites is 1. The van der Waals surface area contributed by atoms with Crippen LogP contribution in [0.4, 0.5) is 0 Å². The predicted octanol–water partition coefficient (Wildman–Crippen LogP) is 5.45. The lowest BCUT2D eigenvalue weighted by Crippen LogP contribution is -2.23. The fourth-order valence-electron chi connectivity index (χ4n) is 3.58. The van der Waals surface area contributed by atoms with Crippen molar-refractivity contribution in [2.75, 3.05) is 6.61 Å². The SMILES string of the molecule is CCCOc1ccc(-c2nn(-c3ccccc3)cc2C=C(C#N)C(=O)NCc2ccco2)cc1C. The van der Waals surface area contributed by atoms with Crippen LogP contribution in [0, 0.1) is 18.3 Å². The van der Waals surface area contributed by atoms with Gasteiger partial charge in [-0.25, -0.2) is 4.68 Å². The maximum Gasteiger partial charge on any atom is 0.262 e. The Morgan fingerprint density at radius 2 is 2.03 bits per heavy atom. The molecule has 0 saturated carbocycles. The van der Waals surface area contributed by atoms with Gasteiger partial charge in [-0.3, -0.25) is 4.79 Å². The number of carbonyl (C=O) groups is 1. The number of ether oxygens (including phenoxy) is 1. The highest BCUT2D eigenvalue weighted by Crippen LogP contribution is 2.30. The van der Waals surface area contributed by atoms with Crippen LogP contribution in [0.5, 0.6) is 5.75 Å². The van der Waals surface area contributed by atoms with Gasteiger partial charge in [0.2, 0.25) is 0 Å². The molecular formula is C28H26N4O3. The van der Waals surface area contributed by atoms with Crippen LogP contribution in [0.15, 0.2) is 83.1 Å². The van der Waals surface area contributed by atoms with Crippen molar-refractivity contribution in [2.45, 2.75) is 26.8 Å². The number of hydrogen-bond acceptors (Lipinski definition) is 5. The van der Waals surface area contributed by atoms with Crippen LogP contribution >= 0.6 is 0 Å². The monoisotopic (exact) mass is 466 g/mol. The lowest BCUT2D eigenvalue weighted by Gasteiger charge is -2.09. The van der Waals surface area contributed by atoms with Crippen molar-refractivity contribution < 1.29 is 13.9 Å². The van der Waals surface area contributed by atoms with Gasteiger partial charge in [0.25, 0.3) is 5.91 Å². The van der Waals surface area contributed by atoms with Crippen LogP contribution in [-0.2, 0) is 11.3 Å². The van der Waals surface area contributed by atoms with Crippen molar-refractivity contribution in [1.82, 2.24) is 15.1 Å². The fraction of sp³-hybridized carbons (Fsp3) is 0.179. The molecule has 4 aromatic rings. The van der Waals surface area contributed by atoms with Crippen LogP contribution in [-0.4, -0.2) is 22.3 Å². The van der Waals surface area contributed by atoms with Crippen LogP contribution in [0.25, 0.3) is 23.0 Å². The second kappa shape index (κ2) is 11.0. The van der Waals surface area contributed by atoms with Gasteiger partial charge >= 0.3 is 0 Å². The first-order chi connectivity index (χ1) is 17.1. The van der Waals surface area contributed by atoms with Gasteiger partial charge < -0.3 is 14.5 Å². The zero-order valence-corrected chi connectivity index (χ0v) is 19.7. The fourth-order valence-corrected chi connectivity index (χ4v) is 3.58. The van der Waals surface area contributed by atoms with Crippen LogP contribution in [0.1, 0.15) is 30.2 Å². The molecule has 2 aromatic carbocycles. The van der Waals surface area contributed by atoms with E-state index >= 15 is 0 Å². The number of nitriles is 1. The molecule has 1 N–H and O–H groups in total. The number of amides is 1. The van der Waals surface area contributed by atoms with E-state index in [1.165, 1.54) is 6.26 Å². The molecule has 7 nitrogen and oxygen atoms in total. The molecule has 176 valence electrons. The van der Waals surface area contributed by atoms with Crippen molar-refractivity contribution >= 4 is 12.0 Å². The molecule has 0 bridgehead atoms. The summed E-state index contributed by atoms with van der Waals surface area (Å²) in [5.41, 5.74) is 4.00. The summed E-state index contributed by atoms with van der Waals surface area (Å²) in [6.07, 6.45) is 5.85. The van der Waals surface area contributed by atoms with E-state index in [1.807, 2.05) is 67.7 Å². The second-order valence-corrected chi connectivity index (χ2v) is 7.97. The van der Waals surface area contributed by atoms with Crippen molar-refractivity contribution in [2.24, 2.45) is 0 Å². The molecule has 0 fully saturated rings. The van der Waals surface area contributed by atoms with Gasteiger partial charge in [0.1, 0.15) is 28.8 Å². The number of aromatic nitrogens is 2. The maximum atomic E-state index is 12.7.